The number of oxazole rings is 1. The van der Waals surface area contributed by atoms with Crippen molar-refractivity contribution in [3.8, 4) is 0 Å². The Morgan fingerprint density at radius 2 is 2.12 bits per heavy atom. The van der Waals surface area contributed by atoms with Gasteiger partial charge < -0.3 is 9.73 Å². The molecule has 0 unspecified atom stereocenters. The van der Waals surface area contributed by atoms with Crippen LogP contribution in [0.2, 0.25) is 0 Å². The Morgan fingerprint density at radius 3 is 3.04 bits per heavy atom. The molecule has 0 bridgehead atoms. The molecule has 4 aromatic rings. The summed E-state index contributed by atoms with van der Waals surface area (Å²) < 4.78 is 7.70. The molecule has 1 amide bonds. The van der Waals surface area contributed by atoms with Crippen LogP contribution in [-0.2, 0) is 11.3 Å². The molecule has 120 valence electrons. The summed E-state index contributed by atoms with van der Waals surface area (Å²) in [5.41, 5.74) is 4.54. The second-order valence-corrected chi connectivity index (χ2v) is 6.21. The average Bonchev–Trinajstić information content (AvgIpc) is 3.16. The third-order valence-electron chi connectivity index (χ3n) is 3.75. The van der Waals surface area contributed by atoms with E-state index in [0.29, 0.717) is 16.8 Å². The molecule has 2 aromatic carbocycles. The van der Waals surface area contributed by atoms with Crippen LogP contribution in [0.1, 0.15) is 6.42 Å². The number of hydrogen-bond donors (Lipinski definition) is 1. The van der Waals surface area contributed by atoms with Gasteiger partial charge in [0.2, 0.25) is 5.91 Å². The summed E-state index contributed by atoms with van der Waals surface area (Å²) in [6, 6.07) is 12.8. The summed E-state index contributed by atoms with van der Waals surface area (Å²) >= 11 is 1.55. The van der Waals surface area contributed by atoms with E-state index < -0.39 is 5.76 Å². The van der Waals surface area contributed by atoms with Crippen molar-refractivity contribution in [1.82, 2.24) is 9.55 Å². The van der Waals surface area contributed by atoms with Crippen LogP contribution in [0.4, 0.5) is 5.69 Å². The number of para-hydroxylation sites is 2. The number of aromatic nitrogens is 2. The van der Waals surface area contributed by atoms with E-state index in [4.69, 9.17) is 4.42 Å². The fraction of sp³-hybridized carbons (Fsp3) is 0.118. The SMILES string of the molecule is O=C(CCn1c(=O)oc2ccccc21)Nc1ccc2scnc2c1. The van der Waals surface area contributed by atoms with E-state index in [9.17, 15) is 9.59 Å². The Kier molecular flexibility index (Phi) is 3.62. The van der Waals surface area contributed by atoms with Gasteiger partial charge in [-0.1, -0.05) is 12.1 Å². The molecule has 0 aliphatic heterocycles. The van der Waals surface area contributed by atoms with Crippen molar-refractivity contribution in [3.05, 3.63) is 58.5 Å². The third kappa shape index (κ3) is 2.69. The van der Waals surface area contributed by atoms with Gasteiger partial charge in [0.05, 0.1) is 21.2 Å². The van der Waals surface area contributed by atoms with Gasteiger partial charge in [-0.3, -0.25) is 9.36 Å². The van der Waals surface area contributed by atoms with Crippen molar-refractivity contribution < 1.29 is 9.21 Å². The van der Waals surface area contributed by atoms with Crippen LogP contribution in [0.15, 0.2) is 57.2 Å². The maximum absolute atomic E-state index is 12.2. The molecule has 0 aliphatic carbocycles. The molecule has 6 nitrogen and oxygen atoms in total. The second kappa shape index (κ2) is 5.93. The first-order valence-corrected chi connectivity index (χ1v) is 8.30. The molecule has 0 saturated carbocycles. The van der Waals surface area contributed by atoms with E-state index >= 15 is 0 Å². The van der Waals surface area contributed by atoms with Crippen LogP contribution in [0.25, 0.3) is 21.3 Å². The van der Waals surface area contributed by atoms with Crippen LogP contribution in [-0.4, -0.2) is 15.5 Å². The van der Waals surface area contributed by atoms with E-state index in [2.05, 4.69) is 10.3 Å². The number of aryl methyl sites for hydroxylation is 1. The largest absolute Gasteiger partial charge is 0.419 e. The molecule has 2 heterocycles. The lowest BCUT2D eigenvalue weighted by Gasteiger charge is -2.05. The monoisotopic (exact) mass is 339 g/mol. The molecule has 24 heavy (non-hydrogen) atoms. The molecule has 0 radical (unpaired) electrons. The minimum absolute atomic E-state index is 0.165. The normalized spacial score (nSPS) is 11.2. The Balaban J connectivity index is 1.47. The second-order valence-electron chi connectivity index (χ2n) is 5.32. The molecule has 0 atom stereocenters. The summed E-state index contributed by atoms with van der Waals surface area (Å²) in [4.78, 5) is 28.3. The predicted molar refractivity (Wildman–Crippen MR) is 93.3 cm³/mol. The number of nitrogens with one attached hydrogen (secondary N) is 1. The van der Waals surface area contributed by atoms with Gasteiger partial charge in [0, 0.05) is 18.7 Å². The summed E-state index contributed by atoms with van der Waals surface area (Å²) in [7, 11) is 0. The number of carbonyl (C=O) groups is 1. The van der Waals surface area contributed by atoms with Gasteiger partial charge in [0.1, 0.15) is 0 Å². The highest BCUT2D eigenvalue weighted by Crippen LogP contribution is 2.21. The van der Waals surface area contributed by atoms with Gasteiger partial charge in [-0.25, -0.2) is 9.78 Å². The first-order valence-electron chi connectivity index (χ1n) is 7.42. The van der Waals surface area contributed by atoms with E-state index in [0.717, 1.165) is 10.2 Å². The highest BCUT2D eigenvalue weighted by Gasteiger charge is 2.10. The number of rotatable bonds is 4. The maximum Gasteiger partial charge on any atom is 0.419 e. The zero-order valence-corrected chi connectivity index (χ0v) is 13.4. The van der Waals surface area contributed by atoms with Crippen LogP contribution < -0.4 is 11.1 Å². The minimum atomic E-state index is -0.451. The Bertz CT molecular complexity index is 1090. The lowest BCUT2D eigenvalue weighted by Crippen LogP contribution is -2.19. The van der Waals surface area contributed by atoms with Crippen molar-refractivity contribution in [2.24, 2.45) is 0 Å². The number of anilines is 1. The first kappa shape index (κ1) is 14.6. The Morgan fingerprint density at radius 1 is 1.25 bits per heavy atom. The van der Waals surface area contributed by atoms with E-state index in [1.807, 2.05) is 24.3 Å². The summed E-state index contributed by atoms with van der Waals surface area (Å²) in [6.07, 6.45) is 0.179. The van der Waals surface area contributed by atoms with Crippen molar-refractivity contribution >= 4 is 44.2 Å². The third-order valence-corrected chi connectivity index (χ3v) is 4.56. The smallest absolute Gasteiger partial charge is 0.408 e. The zero-order valence-electron chi connectivity index (χ0n) is 12.6. The zero-order chi connectivity index (χ0) is 16.5. The minimum Gasteiger partial charge on any atom is -0.408 e. The molecule has 0 fully saturated rings. The van der Waals surface area contributed by atoms with Crippen LogP contribution in [0.3, 0.4) is 0 Å². The average molecular weight is 339 g/mol. The van der Waals surface area contributed by atoms with E-state index in [1.54, 1.807) is 35.0 Å². The summed E-state index contributed by atoms with van der Waals surface area (Å²) in [6.45, 7) is 0.265. The molecular formula is C17H13N3O3S. The van der Waals surface area contributed by atoms with Gasteiger partial charge >= 0.3 is 5.76 Å². The lowest BCUT2D eigenvalue weighted by molar-refractivity contribution is -0.116. The molecule has 2 aromatic heterocycles. The lowest BCUT2D eigenvalue weighted by atomic mass is 10.2. The molecular weight excluding hydrogens is 326 g/mol. The number of carbonyl (C=O) groups excluding carboxylic acids is 1. The van der Waals surface area contributed by atoms with Crippen molar-refractivity contribution in [2.45, 2.75) is 13.0 Å². The number of hydrogen-bond acceptors (Lipinski definition) is 5. The molecule has 4 rings (SSSR count). The van der Waals surface area contributed by atoms with Crippen molar-refractivity contribution in [3.63, 3.8) is 0 Å². The highest BCUT2D eigenvalue weighted by atomic mass is 32.1. The van der Waals surface area contributed by atoms with Crippen molar-refractivity contribution in [1.29, 1.82) is 0 Å². The number of fused-ring (bicyclic) bond motifs is 2. The maximum atomic E-state index is 12.2. The Hall–Kier alpha value is -2.93. The first-order chi connectivity index (χ1) is 11.7. The molecule has 0 spiro atoms. The van der Waals surface area contributed by atoms with Gasteiger partial charge in [0.25, 0.3) is 0 Å². The number of thiazole rings is 1. The van der Waals surface area contributed by atoms with Crippen LogP contribution in [0, 0.1) is 0 Å². The predicted octanol–water partition coefficient (Wildman–Crippen LogP) is 3.23. The standard InChI is InChI=1S/C17H13N3O3S/c21-16(19-11-5-6-15-12(9-11)18-10-24-15)7-8-20-13-3-1-2-4-14(13)23-17(20)22/h1-6,9-10H,7-8H2,(H,19,21). The van der Waals surface area contributed by atoms with Gasteiger partial charge in [-0.2, -0.15) is 0 Å². The molecule has 7 heteroatoms. The number of nitrogens with zero attached hydrogens (tertiary/aromatic N) is 2. The molecule has 0 saturated heterocycles. The quantitative estimate of drug-likeness (QED) is 0.619. The van der Waals surface area contributed by atoms with Gasteiger partial charge in [-0.05, 0) is 30.3 Å². The van der Waals surface area contributed by atoms with Gasteiger partial charge in [-0.15, -0.1) is 11.3 Å². The topological polar surface area (TPSA) is 77.1 Å². The van der Waals surface area contributed by atoms with Crippen molar-refractivity contribution in [2.75, 3.05) is 5.32 Å². The summed E-state index contributed by atoms with van der Waals surface area (Å²) in [5.74, 6) is -0.616. The number of amides is 1. The fourth-order valence-corrected chi connectivity index (χ4v) is 3.26. The highest BCUT2D eigenvalue weighted by molar-refractivity contribution is 7.16. The molecule has 0 aliphatic rings. The Labute approximate surface area is 140 Å². The van der Waals surface area contributed by atoms with E-state index in [1.165, 1.54) is 4.57 Å². The van der Waals surface area contributed by atoms with Gasteiger partial charge in [0.15, 0.2) is 5.58 Å². The summed E-state index contributed by atoms with van der Waals surface area (Å²) in [5, 5.41) is 2.83. The van der Waals surface area contributed by atoms with Crippen LogP contribution >= 0.6 is 11.3 Å². The van der Waals surface area contributed by atoms with E-state index in [-0.39, 0.29) is 18.9 Å². The van der Waals surface area contributed by atoms with Crippen LogP contribution in [0.5, 0.6) is 0 Å². The molecule has 1 N–H and O–H groups in total. The fourth-order valence-electron chi connectivity index (χ4n) is 2.60. The number of benzene rings is 2.